The Hall–Kier alpha value is -0.900. The Kier molecular flexibility index (Phi) is 3.03. The Morgan fingerprint density at radius 1 is 1.62 bits per heavy atom. The van der Waals surface area contributed by atoms with Crippen LogP contribution in [0.15, 0.2) is 0 Å². The Bertz CT molecular complexity index is 315. The van der Waals surface area contributed by atoms with Gasteiger partial charge in [-0.15, -0.1) is 11.3 Å². The Morgan fingerprint density at radius 2 is 2.23 bits per heavy atom. The van der Waals surface area contributed by atoms with Gasteiger partial charge in [0.15, 0.2) is 0 Å². The van der Waals surface area contributed by atoms with Crippen LogP contribution in [-0.4, -0.2) is 10.8 Å². The number of rotatable bonds is 3. The third-order valence-electron chi connectivity index (χ3n) is 1.67. The minimum absolute atomic E-state index is 0.130. The summed E-state index contributed by atoms with van der Waals surface area (Å²) in [4.78, 5) is 5.19. The molecule has 0 fully saturated rings. The van der Waals surface area contributed by atoms with Gasteiger partial charge in [-0.25, -0.2) is 4.98 Å². The molecule has 1 rings (SSSR count). The van der Waals surface area contributed by atoms with Gasteiger partial charge < -0.3 is 5.73 Å². The van der Waals surface area contributed by atoms with E-state index in [1.807, 2.05) is 6.92 Å². The van der Waals surface area contributed by atoms with Crippen LogP contribution in [0.2, 0.25) is 0 Å². The summed E-state index contributed by atoms with van der Waals surface area (Å²) in [5, 5.41) is 8.40. The molecule has 0 atom stereocenters. The number of hydrogen-bond acceptors (Lipinski definition) is 3. The van der Waals surface area contributed by atoms with Crippen LogP contribution in [-0.2, 0) is 6.42 Å². The SMILES string of the molecule is Cc1nc(CC(C)C)sc1C(=N)N. The highest BCUT2D eigenvalue weighted by Crippen LogP contribution is 2.19. The van der Waals surface area contributed by atoms with Gasteiger partial charge in [0.05, 0.1) is 15.6 Å². The van der Waals surface area contributed by atoms with Gasteiger partial charge >= 0.3 is 0 Å². The minimum atomic E-state index is 0.130. The third-order valence-corrected chi connectivity index (χ3v) is 2.88. The van der Waals surface area contributed by atoms with E-state index in [0.29, 0.717) is 5.92 Å². The van der Waals surface area contributed by atoms with Gasteiger partial charge in [-0.1, -0.05) is 13.8 Å². The molecule has 0 unspecified atom stereocenters. The highest BCUT2D eigenvalue weighted by atomic mass is 32.1. The van der Waals surface area contributed by atoms with Gasteiger partial charge in [0.1, 0.15) is 5.84 Å². The van der Waals surface area contributed by atoms with Crippen molar-refractivity contribution in [1.29, 1.82) is 5.41 Å². The number of aromatic nitrogens is 1. The van der Waals surface area contributed by atoms with E-state index in [-0.39, 0.29) is 5.84 Å². The van der Waals surface area contributed by atoms with E-state index < -0.39 is 0 Å². The van der Waals surface area contributed by atoms with Crippen LogP contribution in [0.25, 0.3) is 0 Å². The number of nitrogens with zero attached hydrogens (tertiary/aromatic N) is 1. The van der Waals surface area contributed by atoms with E-state index >= 15 is 0 Å². The van der Waals surface area contributed by atoms with Crippen molar-refractivity contribution < 1.29 is 0 Å². The molecule has 0 saturated carbocycles. The standard InChI is InChI=1S/C9H15N3S/c1-5(2)4-7-12-6(3)8(13-7)9(10)11/h5H,4H2,1-3H3,(H3,10,11). The minimum Gasteiger partial charge on any atom is -0.383 e. The molecular formula is C9H15N3S. The van der Waals surface area contributed by atoms with Crippen molar-refractivity contribution in [2.24, 2.45) is 11.7 Å². The van der Waals surface area contributed by atoms with E-state index in [1.165, 1.54) is 11.3 Å². The molecule has 72 valence electrons. The predicted octanol–water partition coefficient (Wildman–Crippen LogP) is 1.93. The van der Waals surface area contributed by atoms with Crippen LogP contribution < -0.4 is 5.73 Å². The number of hydrogen-bond donors (Lipinski definition) is 2. The van der Waals surface area contributed by atoms with Gasteiger partial charge in [0, 0.05) is 6.42 Å². The fourth-order valence-corrected chi connectivity index (χ4v) is 2.28. The zero-order chi connectivity index (χ0) is 10.0. The van der Waals surface area contributed by atoms with Crippen molar-refractivity contribution in [2.45, 2.75) is 27.2 Å². The Labute approximate surface area is 82.5 Å². The fraction of sp³-hybridized carbons (Fsp3) is 0.556. The van der Waals surface area contributed by atoms with Crippen LogP contribution in [0.3, 0.4) is 0 Å². The molecule has 13 heavy (non-hydrogen) atoms. The molecule has 4 heteroatoms. The first-order chi connectivity index (χ1) is 6.00. The average molecular weight is 197 g/mol. The zero-order valence-corrected chi connectivity index (χ0v) is 9.03. The lowest BCUT2D eigenvalue weighted by molar-refractivity contribution is 0.643. The maximum absolute atomic E-state index is 7.32. The summed E-state index contributed by atoms with van der Waals surface area (Å²) in [6, 6.07) is 0. The van der Waals surface area contributed by atoms with Crippen LogP contribution in [0, 0.1) is 18.3 Å². The van der Waals surface area contributed by atoms with Gasteiger partial charge in [0.25, 0.3) is 0 Å². The molecule has 1 aromatic rings. The number of nitrogens with two attached hydrogens (primary N) is 1. The van der Waals surface area contributed by atoms with E-state index in [1.54, 1.807) is 0 Å². The quantitative estimate of drug-likeness (QED) is 0.574. The molecule has 0 aliphatic carbocycles. The largest absolute Gasteiger partial charge is 0.383 e. The maximum atomic E-state index is 7.32. The second kappa shape index (κ2) is 3.87. The van der Waals surface area contributed by atoms with Crippen LogP contribution >= 0.6 is 11.3 Å². The molecule has 0 bridgehead atoms. The molecule has 3 nitrogen and oxygen atoms in total. The lowest BCUT2D eigenvalue weighted by atomic mass is 10.1. The second-order valence-electron chi connectivity index (χ2n) is 3.53. The average Bonchev–Trinajstić information content (AvgIpc) is 2.29. The van der Waals surface area contributed by atoms with Gasteiger partial charge in [0.2, 0.25) is 0 Å². The first-order valence-electron chi connectivity index (χ1n) is 4.31. The molecule has 0 aromatic carbocycles. The third kappa shape index (κ3) is 2.52. The number of amidine groups is 1. The first kappa shape index (κ1) is 10.2. The Morgan fingerprint density at radius 3 is 2.62 bits per heavy atom. The fourth-order valence-electron chi connectivity index (χ4n) is 1.14. The molecule has 3 N–H and O–H groups in total. The van der Waals surface area contributed by atoms with Crippen molar-refractivity contribution in [3.05, 3.63) is 15.6 Å². The summed E-state index contributed by atoms with van der Waals surface area (Å²) < 4.78 is 0. The van der Waals surface area contributed by atoms with Gasteiger partial charge in [-0.3, -0.25) is 5.41 Å². The second-order valence-corrected chi connectivity index (χ2v) is 4.62. The molecule has 0 amide bonds. The lowest BCUT2D eigenvalue weighted by Gasteiger charge is -1.97. The van der Waals surface area contributed by atoms with Crippen molar-refractivity contribution in [2.75, 3.05) is 0 Å². The molecular weight excluding hydrogens is 182 g/mol. The highest BCUT2D eigenvalue weighted by Gasteiger charge is 2.10. The van der Waals surface area contributed by atoms with Crippen molar-refractivity contribution in [3.8, 4) is 0 Å². The Balaban J connectivity index is 2.89. The number of thiazole rings is 1. The molecule has 1 aromatic heterocycles. The number of nitrogen functional groups attached to an aromatic ring is 1. The lowest BCUT2D eigenvalue weighted by Crippen LogP contribution is -2.10. The summed E-state index contributed by atoms with van der Waals surface area (Å²) >= 11 is 1.54. The van der Waals surface area contributed by atoms with E-state index in [2.05, 4.69) is 18.8 Å². The summed E-state index contributed by atoms with van der Waals surface area (Å²) in [5.74, 6) is 0.732. The van der Waals surface area contributed by atoms with E-state index in [4.69, 9.17) is 11.1 Å². The molecule has 0 aliphatic heterocycles. The van der Waals surface area contributed by atoms with E-state index in [0.717, 1.165) is 22.0 Å². The molecule has 0 aliphatic rings. The zero-order valence-electron chi connectivity index (χ0n) is 8.22. The molecule has 0 radical (unpaired) electrons. The summed E-state index contributed by atoms with van der Waals surface area (Å²) in [5.41, 5.74) is 6.29. The van der Waals surface area contributed by atoms with Crippen LogP contribution in [0.4, 0.5) is 0 Å². The van der Waals surface area contributed by atoms with Crippen LogP contribution in [0.5, 0.6) is 0 Å². The van der Waals surface area contributed by atoms with Crippen molar-refractivity contribution in [1.82, 2.24) is 4.98 Å². The van der Waals surface area contributed by atoms with Gasteiger partial charge in [-0.2, -0.15) is 0 Å². The van der Waals surface area contributed by atoms with Crippen molar-refractivity contribution in [3.63, 3.8) is 0 Å². The molecule has 0 saturated heterocycles. The summed E-state index contributed by atoms with van der Waals surface area (Å²) in [6.07, 6.45) is 0.971. The van der Waals surface area contributed by atoms with Crippen LogP contribution in [0.1, 0.15) is 29.4 Å². The van der Waals surface area contributed by atoms with E-state index in [9.17, 15) is 0 Å². The highest BCUT2D eigenvalue weighted by molar-refractivity contribution is 7.13. The molecule has 0 spiro atoms. The van der Waals surface area contributed by atoms with Crippen molar-refractivity contribution >= 4 is 17.2 Å². The summed E-state index contributed by atoms with van der Waals surface area (Å²) in [6.45, 7) is 6.21. The topological polar surface area (TPSA) is 62.8 Å². The predicted molar refractivity (Wildman–Crippen MR) is 56.4 cm³/mol. The van der Waals surface area contributed by atoms with Gasteiger partial charge in [-0.05, 0) is 12.8 Å². The molecule has 1 heterocycles. The normalized spacial score (nSPS) is 10.8. The number of nitrogens with one attached hydrogen (secondary N) is 1. The smallest absolute Gasteiger partial charge is 0.135 e. The summed E-state index contributed by atoms with van der Waals surface area (Å²) in [7, 11) is 0. The first-order valence-corrected chi connectivity index (χ1v) is 5.13. The monoisotopic (exact) mass is 197 g/mol. The number of aryl methyl sites for hydroxylation is 1. The maximum Gasteiger partial charge on any atom is 0.135 e.